The normalized spacial score (nSPS) is 28.6. The van der Waals surface area contributed by atoms with Gasteiger partial charge in [0.2, 0.25) is 0 Å². The van der Waals surface area contributed by atoms with Crippen LogP contribution in [-0.2, 0) is 4.74 Å². The highest BCUT2D eigenvalue weighted by molar-refractivity contribution is 5.59. The average molecular weight is 238 g/mol. The summed E-state index contributed by atoms with van der Waals surface area (Å²) < 4.78 is 7.45. The lowest BCUT2D eigenvalue weighted by Gasteiger charge is -2.15. The summed E-state index contributed by atoms with van der Waals surface area (Å²) in [6, 6.07) is 0. The van der Waals surface area contributed by atoms with Crippen LogP contribution in [0.5, 0.6) is 0 Å². The Labute approximate surface area is 100 Å². The van der Waals surface area contributed by atoms with Gasteiger partial charge in [0.1, 0.15) is 12.3 Å². The molecule has 3 unspecified atom stereocenters. The van der Waals surface area contributed by atoms with Crippen molar-refractivity contribution < 1.29 is 14.9 Å². The SMILES string of the molecule is C=C(C)c1ncn(C2CC(O)C(CO)O2)c1C. The van der Waals surface area contributed by atoms with E-state index in [2.05, 4.69) is 11.6 Å². The van der Waals surface area contributed by atoms with Crippen LogP contribution in [0.2, 0.25) is 0 Å². The van der Waals surface area contributed by atoms with Crippen LogP contribution < -0.4 is 0 Å². The third-order valence-electron chi connectivity index (χ3n) is 3.14. The minimum Gasteiger partial charge on any atom is -0.394 e. The third kappa shape index (κ3) is 2.13. The molecule has 94 valence electrons. The Bertz CT molecular complexity index is 427. The summed E-state index contributed by atoms with van der Waals surface area (Å²) in [4.78, 5) is 4.28. The number of aliphatic hydroxyl groups is 2. The molecule has 2 rings (SSSR count). The highest BCUT2D eigenvalue weighted by Crippen LogP contribution is 2.30. The summed E-state index contributed by atoms with van der Waals surface area (Å²) in [5, 5.41) is 18.7. The second kappa shape index (κ2) is 4.60. The number of hydrogen-bond acceptors (Lipinski definition) is 4. The molecule has 5 nitrogen and oxygen atoms in total. The Morgan fingerprint density at radius 2 is 2.41 bits per heavy atom. The molecule has 0 saturated carbocycles. The molecule has 3 atom stereocenters. The predicted octanol–water partition coefficient (Wildman–Crippen LogP) is 0.865. The summed E-state index contributed by atoms with van der Waals surface area (Å²) in [5.41, 5.74) is 2.72. The highest BCUT2D eigenvalue weighted by Gasteiger charge is 2.35. The van der Waals surface area contributed by atoms with Crippen molar-refractivity contribution in [3.05, 3.63) is 24.3 Å². The van der Waals surface area contributed by atoms with Crippen LogP contribution in [0.3, 0.4) is 0 Å². The second-order valence-corrected chi connectivity index (χ2v) is 4.48. The maximum Gasteiger partial charge on any atom is 0.138 e. The van der Waals surface area contributed by atoms with E-state index in [9.17, 15) is 5.11 Å². The van der Waals surface area contributed by atoms with E-state index in [1.54, 1.807) is 6.33 Å². The van der Waals surface area contributed by atoms with Gasteiger partial charge in [0.15, 0.2) is 0 Å². The molecule has 5 heteroatoms. The maximum absolute atomic E-state index is 9.69. The molecule has 2 heterocycles. The summed E-state index contributed by atoms with van der Waals surface area (Å²) in [6.45, 7) is 7.55. The van der Waals surface area contributed by atoms with Gasteiger partial charge in [0.05, 0.1) is 24.7 Å². The lowest BCUT2D eigenvalue weighted by molar-refractivity contribution is -0.0449. The van der Waals surface area contributed by atoms with Gasteiger partial charge in [-0.05, 0) is 19.4 Å². The Kier molecular flexibility index (Phi) is 3.33. The van der Waals surface area contributed by atoms with Gasteiger partial charge in [-0.2, -0.15) is 0 Å². The van der Waals surface area contributed by atoms with Crippen molar-refractivity contribution in [2.24, 2.45) is 0 Å². The standard InChI is InChI=1S/C12H18N2O3/c1-7(2)12-8(3)14(6-13-12)11-4-9(16)10(5-15)17-11/h6,9-11,15-16H,1,4-5H2,2-3H3. The van der Waals surface area contributed by atoms with Crippen molar-refractivity contribution in [3.8, 4) is 0 Å². The van der Waals surface area contributed by atoms with E-state index in [1.807, 2.05) is 18.4 Å². The minimum absolute atomic E-state index is 0.168. The Morgan fingerprint density at radius 3 is 2.88 bits per heavy atom. The lowest BCUT2D eigenvalue weighted by Crippen LogP contribution is -2.24. The van der Waals surface area contributed by atoms with E-state index in [0.717, 1.165) is 17.0 Å². The fourth-order valence-corrected chi connectivity index (χ4v) is 2.18. The second-order valence-electron chi connectivity index (χ2n) is 4.48. The molecular formula is C12H18N2O3. The Balaban J connectivity index is 2.22. The first-order valence-corrected chi connectivity index (χ1v) is 5.68. The molecule has 1 aromatic heterocycles. The van der Waals surface area contributed by atoms with Crippen LogP contribution in [-0.4, -0.2) is 38.6 Å². The molecule has 17 heavy (non-hydrogen) atoms. The summed E-state index contributed by atoms with van der Waals surface area (Å²) in [5.74, 6) is 0. The van der Waals surface area contributed by atoms with Crippen LogP contribution in [0.25, 0.3) is 5.57 Å². The number of rotatable bonds is 3. The van der Waals surface area contributed by atoms with Gasteiger partial charge >= 0.3 is 0 Å². The number of aliphatic hydroxyl groups excluding tert-OH is 2. The van der Waals surface area contributed by atoms with Gasteiger partial charge in [0.25, 0.3) is 0 Å². The Morgan fingerprint density at radius 1 is 1.71 bits per heavy atom. The van der Waals surface area contributed by atoms with Gasteiger partial charge in [0, 0.05) is 12.1 Å². The van der Waals surface area contributed by atoms with Crippen molar-refractivity contribution in [2.75, 3.05) is 6.61 Å². The quantitative estimate of drug-likeness (QED) is 0.819. The smallest absolute Gasteiger partial charge is 0.138 e. The number of aromatic nitrogens is 2. The molecule has 1 aromatic rings. The first kappa shape index (κ1) is 12.3. The number of ether oxygens (including phenoxy) is 1. The number of nitrogens with zero attached hydrogens (tertiary/aromatic N) is 2. The highest BCUT2D eigenvalue weighted by atomic mass is 16.5. The zero-order chi connectivity index (χ0) is 12.6. The number of allylic oxidation sites excluding steroid dienone is 1. The van der Waals surface area contributed by atoms with E-state index in [1.165, 1.54) is 0 Å². The summed E-state index contributed by atoms with van der Waals surface area (Å²) >= 11 is 0. The van der Waals surface area contributed by atoms with Gasteiger partial charge in [-0.1, -0.05) is 6.58 Å². The molecule has 0 aromatic carbocycles. The first-order valence-electron chi connectivity index (χ1n) is 5.68. The average Bonchev–Trinajstić information content (AvgIpc) is 2.81. The predicted molar refractivity (Wildman–Crippen MR) is 63.3 cm³/mol. The Hall–Kier alpha value is -1.17. The van der Waals surface area contributed by atoms with Crippen molar-refractivity contribution in [1.29, 1.82) is 0 Å². The van der Waals surface area contributed by atoms with Crippen LogP contribution in [0.4, 0.5) is 0 Å². The monoisotopic (exact) mass is 238 g/mol. The third-order valence-corrected chi connectivity index (χ3v) is 3.14. The van der Waals surface area contributed by atoms with Gasteiger partial charge in [-0.3, -0.25) is 0 Å². The molecule has 2 N–H and O–H groups in total. The molecule has 0 spiro atoms. The fraction of sp³-hybridized carbons (Fsp3) is 0.583. The van der Waals surface area contributed by atoms with Gasteiger partial charge in [-0.25, -0.2) is 4.98 Å². The molecule has 0 aliphatic carbocycles. The number of hydrogen-bond donors (Lipinski definition) is 2. The van der Waals surface area contributed by atoms with E-state index in [4.69, 9.17) is 9.84 Å². The molecule has 1 saturated heterocycles. The maximum atomic E-state index is 9.69. The largest absolute Gasteiger partial charge is 0.394 e. The minimum atomic E-state index is -0.625. The molecule has 1 fully saturated rings. The molecule has 1 aliphatic heterocycles. The van der Waals surface area contributed by atoms with Crippen LogP contribution in [0.1, 0.15) is 31.0 Å². The molecule has 0 amide bonds. The molecule has 0 bridgehead atoms. The van der Waals surface area contributed by atoms with Crippen molar-refractivity contribution in [3.63, 3.8) is 0 Å². The van der Waals surface area contributed by atoms with E-state index in [0.29, 0.717) is 6.42 Å². The lowest BCUT2D eigenvalue weighted by atomic mass is 10.2. The van der Waals surface area contributed by atoms with E-state index < -0.39 is 12.2 Å². The van der Waals surface area contributed by atoms with Crippen LogP contribution in [0.15, 0.2) is 12.9 Å². The molecule has 1 aliphatic rings. The van der Waals surface area contributed by atoms with Crippen molar-refractivity contribution in [1.82, 2.24) is 9.55 Å². The summed E-state index contributed by atoms with van der Waals surface area (Å²) in [6.07, 6.45) is 0.770. The molecular weight excluding hydrogens is 220 g/mol. The zero-order valence-electron chi connectivity index (χ0n) is 10.1. The summed E-state index contributed by atoms with van der Waals surface area (Å²) in [7, 11) is 0. The molecule has 0 radical (unpaired) electrons. The zero-order valence-corrected chi connectivity index (χ0v) is 10.1. The first-order chi connectivity index (χ1) is 8.04. The number of imidazole rings is 1. The van der Waals surface area contributed by atoms with Crippen LogP contribution in [0, 0.1) is 6.92 Å². The van der Waals surface area contributed by atoms with E-state index >= 15 is 0 Å². The van der Waals surface area contributed by atoms with Gasteiger partial charge in [-0.15, -0.1) is 0 Å². The fourth-order valence-electron chi connectivity index (χ4n) is 2.18. The van der Waals surface area contributed by atoms with Crippen LogP contribution >= 0.6 is 0 Å². The van der Waals surface area contributed by atoms with Crippen molar-refractivity contribution >= 4 is 5.57 Å². The topological polar surface area (TPSA) is 67.5 Å². The van der Waals surface area contributed by atoms with Gasteiger partial charge < -0.3 is 19.5 Å². The van der Waals surface area contributed by atoms with E-state index in [-0.39, 0.29) is 12.8 Å². The van der Waals surface area contributed by atoms with Crippen molar-refractivity contribution in [2.45, 2.75) is 38.7 Å².